The van der Waals surface area contributed by atoms with Crippen LogP contribution in [0.4, 0.5) is 0 Å². The van der Waals surface area contributed by atoms with Gasteiger partial charge in [-0.15, -0.1) is 0 Å². The van der Waals surface area contributed by atoms with E-state index in [-0.39, 0.29) is 22.4 Å². The molecule has 7 heteroatoms. The number of aliphatic carboxylic acids is 3. The van der Waals surface area contributed by atoms with Crippen molar-refractivity contribution in [1.29, 1.82) is 0 Å². The fraction of sp³-hybridized carbons (Fsp3) is 0.250. The minimum absolute atomic E-state index is 0. The summed E-state index contributed by atoms with van der Waals surface area (Å²) in [6.07, 6.45) is 0. The molecule has 0 rings (SSSR count). The molecule has 11 heavy (non-hydrogen) atoms. The van der Waals surface area contributed by atoms with Gasteiger partial charge in [-0.2, -0.15) is 0 Å². The van der Waals surface area contributed by atoms with Gasteiger partial charge in [0.25, 0.3) is 0 Å². The Morgan fingerprint density at radius 3 is 1.00 bits per heavy atom. The van der Waals surface area contributed by atoms with Crippen LogP contribution in [0.5, 0.6) is 0 Å². The van der Waals surface area contributed by atoms with Gasteiger partial charge in [-0.25, -0.2) is 0 Å². The van der Waals surface area contributed by atoms with Gasteiger partial charge < -0.3 is 15.3 Å². The molecule has 0 fully saturated rings. The molecule has 0 aliphatic rings. The Hall–Kier alpha value is -0.850. The summed E-state index contributed by atoms with van der Waals surface area (Å²) in [4.78, 5) is 29.5. The molecule has 0 aromatic rings. The maximum Gasteiger partial charge on any atom is 0.329 e. The second kappa shape index (κ2) is 4.89. The van der Waals surface area contributed by atoms with E-state index in [0.29, 0.717) is 0 Å². The van der Waals surface area contributed by atoms with E-state index >= 15 is 0 Å². The zero-order chi connectivity index (χ0) is 8.31. The van der Waals surface area contributed by atoms with E-state index in [1.807, 2.05) is 0 Å². The van der Waals surface area contributed by atoms with Gasteiger partial charge in [-0.1, -0.05) is 0 Å². The molecular weight excluding hydrogens is 252 g/mol. The fourth-order valence-corrected chi connectivity index (χ4v) is 0.317. The third-order valence-corrected chi connectivity index (χ3v) is 0.741. The molecule has 6 nitrogen and oxygen atoms in total. The van der Waals surface area contributed by atoms with Crippen LogP contribution in [-0.2, 0) is 36.8 Å². The van der Waals surface area contributed by atoms with Gasteiger partial charge in [0.15, 0.2) is 0 Å². The van der Waals surface area contributed by atoms with Gasteiger partial charge in [0, 0.05) is 22.4 Å². The molecular formula is C4H4AgO6. The van der Waals surface area contributed by atoms with Crippen molar-refractivity contribution < 1.29 is 52.1 Å². The van der Waals surface area contributed by atoms with Crippen LogP contribution < -0.4 is 0 Å². The zero-order valence-electron chi connectivity index (χ0n) is 4.95. The normalized spacial score (nSPS) is 8.45. The summed E-state index contributed by atoms with van der Waals surface area (Å²) in [5, 5.41) is 23.9. The molecule has 3 N–H and O–H groups in total. The minimum Gasteiger partial charge on any atom is -0.480 e. The average Bonchev–Trinajstić information content (AvgIpc) is 1.59. The second-order valence-electron chi connectivity index (χ2n) is 1.45. The van der Waals surface area contributed by atoms with Crippen molar-refractivity contribution >= 4 is 17.9 Å². The van der Waals surface area contributed by atoms with Gasteiger partial charge in [-0.3, -0.25) is 14.4 Å². The molecule has 0 atom stereocenters. The quantitative estimate of drug-likeness (QED) is 0.434. The van der Waals surface area contributed by atoms with E-state index in [9.17, 15) is 14.4 Å². The first kappa shape index (κ1) is 12.8. The van der Waals surface area contributed by atoms with Gasteiger partial charge in [0.2, 0.25) is 5.92 Å². The van der Waals surface area contributed by atoms with Crippen LogP contribution in [0, 0.1) is 5.92 Å². The Labute approximate surface area is 76.3 Å². The van der Waals surface area contributed by atoms with Gasteiger partial charge in [-0.05, 0) is 0 Å². The number of rotatable bonds is 3. The Morgan fingerprint density at radius 1 is 0.818 bits per heavy atom. The van der Waals surface area contributed by atoms with E-state index in [2.05, 4.69) is 0 Å². The number of carboxylic acids is 3. The van der Waals surface area contributed by atoms with Crippen LogP contribution in [0.2, 0.25) is 0 Å². The maximum absolute atomic E-state index is 9.82. The van der Waals surface area contributed by atoms with Crippen molar-refractivity contribution in [2.75, 3.05) is 0 Å². The largest absolute Gasteiger partial charge is 0.480 e. The van der Waals surface area contributed by atoms with E-state index in [0.717, 1.165) is 0 Å². The van der Waals surface area contributed by atoms with E-state index in [1.165, 1.54) is 0 Å². The number of carbonyl (C=O) groups is 3. The fourth-order valence-electron chi connectivity index (χ4n) is 0.317. The molecule has 0 bridgehead atoms. The van der Waals surface area contributed by atoms with Crippen LogP contribution in [0.3, 0.4) is 0 Å². The van der Waals surface area contributed by atoms with Crippen LogP contribution in [0.1, 0.15) is 0 Å². The number of hydrogen-bond acceptors (Lipinski definition) is 3. The molecule has 0 saturated carbocycles. The molecule has 0 saturated heterocycles. The summed E-state index contributed by atoms with van der Waals surface area (Å²) in [5.41, 5.74) is 0. The zero-order valence-corrected chi connectivity index (χ0v) is 6.43. The van der Waals surface area contributed by atoms with Crippen LogP contribution >= 0.6 is 0 Å². The third kappa shape index (κ3) is 3.76. The summed E-state index contributed by atoms with van der Waals surface area (Å²) in [7, 11) is 0. The summed E-state index contributed by atoms with van der Waals surface area (Å²) in [5.74, 6) is -7.99. The van der Waals surface area contributed by atoms with Crippen molar-refractivity contribution in [3.8, 4) is 0 Å². The Kier molecular flexibility index (Phi) is 5.69. The molecule has 0 spiro atoms. The van der Waals surface area contributed by atoms with Crippen molar-refractivity contribution in [2.45, 2.75) is 0 Å². The summed E-state index contributed by atoms with van der Waals surface area (Å²) < 4.78 is 0. The van der Waals surface area contributed by atoms with Gasteiger partial charge in [0.1, 0.15) is 0 Å². The second-order valence-corrected chi connectivity index (χ2v) is 1.45. The summed E-state index contributed by atoms with van der Waals surface area (Å²) >= 11 is 0. The Bertz CT molecular complexity index is 154. The van der Waals surface area contributed by atoms with Crippen molar-refractivity contribution in [3.05, 3.63) is 0 Å². The molecule has 0 unspecified atom stereocenters. The summed E-state index contributed by atoms with van der Waals surface area (Å²) in [6, 6.07) is 0. The monoisotopic (exact) mass is 255 g/mol. The molecule has 0 aromatic carbocycles. The molecule has 0 aliphatic heterocycles. The molecule has 0 heterocycles. The van der Waals surface area contributed by atoms with E-state index in [1.54, 1.807) is 0 Å². The van der Waals surface area contributed by atoms with E-state index < -0.39 is 23.8 Å². The number of carboxylic acid groups (broad SMARTS) is 3. The van der Waals surface area contributed by atoms with Gasteiger partial charge >= 0.3 is 17.9 Å². The predicted octanol–water partition coefficient (Wildman–Crippen LogP) is -1.15. The minimum atomic E-state index is -2.36. The molecule has 0 aromatic heterocycles. The topological polar surface area (TPSA) is 112 Å². The van der Waals surface area contributed by atoms with Crippen molar-refractivity contribution in [1.82, 2.24) is 0 Å². The van der Waals surface area contributed by atoms with Crippen molar-refractivity contribution in [2.24, 2.45) is 5.92 Å². The SMILES string of the molecule is O=C(O)C(C(=O)O)C(=O)O.[Ag]. The Morgan fingerprint density at radius 2 is 1.00 bits per heavy atom. The van der Waals surface area contributed by atoms with Crippen LogP contribution in [-0.4, -0.2) is 33.2 Å². The van der Waals surface area contributed by atoms with Gasteiger partial charge in [0.05, 0.1) is 0 Å². The van der Waals surface area contributed by atoms with Crippen LogP contribution in [0.25, 0.3) is 0 Å². The first-order valence-corrected chi connectivity index (χ1v) is 2.15. The average molecular weight is 256 g/mol. The standard InChI is InChI=1S/C4H4O6.Ag/c5-2(6)1(3(7)8)4(9)10;/h1H,(H,5,6)(H,7,8)(H,9,10);. The smallest absolute Gasteiger partial charge is 0.329 e. The molecule has 67 valence electrons. The van der Waals surface area contributed by atoms with Crippen LogP contribution in [0.15, 0.2) is 0 Å². The van der Waals surface area contributed by atoms with Crippen molar-refractivity contribution in [3.63, 3.8) is 0 Å². The molecule has 1 radical (unpaired) electrons. The third-order valence-electron chi connectivity index (χ3n) is 0.741. The first-order valence-electron chi connectivity index (χ1n) is 2.15. The molecule has 0 amide bonds. The molecule has 0 aliphatic carbocycles. The number of hydrogen-bond donors (Lipinski definition) is 3. The predicted molar refractivity (Wildman–Crippen MR) is 26.4 cm³/mol. The Balaban J connectivity index is 0. The van der Waals surface area contributed by atoms with E-state index in [4.69, 9.17) is 15.3 Å². The summed E-state index contributed by atoms with van der Waals surface area (Å²) in [6.45, 7) is 0. The first-order chi connectivity index (χ1) is 4.46. The maximum atomic E-state index is 9.82.